The number of nitrogens with one attached hydrogen (secondary N) is 1. The molecule has 0 atom stereocenters. The summed E-state index contributed by atoms with van der Waals surface area (Å²) >= 11 is 0. The van der Waals surface area contributed by atoms with Gasteiger partial charge in [-0.3, -0.25) is 4.99 Å². The lowest BCUT2D eigenvalue weighted by Gasteiger charge is -2.24. The average Bonchev–Trinajstić information content (AvgIpc) is 3.01. The Morgan fingerprint density at radius 1 is 1.16 bits per heavy atom. The number of hydrogen-bond donors (Lipinski definition) is 1. The summed E-state index contributed by atoms with van der Waals surface area (Å²) in [5.74, 6) is 4.83. The summed E-state index contributed by atoms with van der Waals surface area (Å²) in [5, 5.41) is 12.2. The Kier molecular flexibility index (Phi) is 9.43. The molecule has 4 rings (SSSR count). The monoisotopic (exact) mass is 554 g/mol. The van der Waals surface area contributed by atoms with E-state index in [1.807, 2.05) is 6.07 Å². The maximum Gasteiger partial charge on any atom is 0.193 e. The van der Waals surface area contributed by atoms with Gasteiger partial charge in [0.25, 0.3) is 0 Å². The number of aromatic nitrogens is 3. The van der Waals surface area contributed by atoms with Crippen molar-refractivity contribution in [1.29, 1.82) is 0 Å². The van der Waals surface area contributed by atoms with E-state index >= 15 is 0 Å². The van der Waals surface area contributed by atoms with Crippen molar-refractivity contribution in [2.24, 2.45) is 4.99 Å². The first-order valence-corrected chi connectivity index (χ1v) is 11.5. The van der Waals surface area contributed by atoms with E-state index in [2.05, 4.69) is 51.1 Å². The number of guanidine groups is 1. The van der Waals surface area contributed by atoms with E-state index < -0.39 is 0 Å². The summed E-state index contributed by atoms with van der Waals surface area (Å²) in [6, 6.07) is 6.14. The molecular formula is C23H35IN6O2. The Bertz CT molecular complexity index is 901. The highest BCUT2D eigenvalue weighted by Gasteiger charge is 2.15. The summed E-state index contributed by atoms with van der Waals surface area (Å²) < 4.78 is 13.7. The predicted octanol–water partition coefficient (Wildman–Crippen LogP) is 3.42. The van der Waals surface area contributed by atoms with Crippen LogP contribution in [0.2, 0.25) is 0 Å². The lowest BCUT2D eigenvalue weighted by molar-refractivity contribution is 0.171. The number of benzene rings is 1. The molecule has 0 bridgehead atoms. The number of fused-ring (bicyclic) bond motifs is 2. The largest absolute Gasteiger partial charge is 0.486 e. The van der Waals surface area contributed by atoms with Crippen molar-refractivity contribution < 1.29 is 9.47 Å². The van der Waals surface area contributed by atoms with Crippen LogP contribution >= 0.6 is 24.0 Å². The zero-order chi connectivity index (χ0) is 21.5. The van der Waals surface area contributed by atoms with Gasteiger partial charge in [0.1, 0.15) is 24.9 Å². The van der Waals surface area contributed by atoms with E-state index in [9.17, 15) is 0 Å². The molecule has 1 aromatic carbocycles. The number of hydrogen-bond acceptors (Lipinski definition) is 5. The van der Waals surface area contributed by atoms with Crippen LogP contribution in [0, 0.1) is 0 Å². The Labute approximate surface area is 207 Å². The Balaban J connectivity index is 0.00000289. The van der Waals surface area contributed by atoms with Crippen molar-refractivity contribution in [1.82, 2.24) is 25.0 Å². The van der Waals surface area contributed by atoms with Gasteiger partial charge in [0, 0.05) is 46.1 Å². The Hall–Kier alpha value is -2.04. The maximum absolute atomic E-state index is 5.71. The summed E-state index contributed by atoms with van der Waals surface area (Å²) in [6.07, 6.45) is 6.68. The zero-order valence-corrected chi connectivity index (χ0v) is 21.5. The zero-order valence-electron chi connectivity index (χ0n) is 19.2. The molecule has 0 radical (unpaired) electrons. The standard InChI is InChI=1S/C23H34N6O2.HI/c1-3-24-23(28(2)17-18-10-11-19-20(16-18)31-15-14-30-19)25-12-7-9-22-27-26-21-8-5-4-6-13-29(21)22;/h10-11,16H,3-9,12-15,17H2,1-2H3,(H,24,25);1H. The van der Waals surface area contributed by atoms with Gasteiger partial charge >= 0.3 is 0 Å². The van der Waals surface area contributed by atoms with E-state index in [4.69, 9.17) is 14.5 Å². The van der Waals surface area contributed by atoms with E-state index in [1.165, 1.54) is 24.8 Å². The van der Waals surface area contributed by atoms with Crippen LogP contribution in [-0.2, 0) is 25.9 Å². The quantitative estimate of drug-likeness (QED) is 0.245. The SMILES string of the molecule is CCNC(=NCCCc1nnc2n1CCCCC2)N(C)Cc1ccc2c(c1)OCCO2.I. The van der Waals surface area contributed by atoms with Crippen LogP contribution in [0.25, 0.3) is 0 Å². The van der Waals surface area contributed by atoms with E-state index in [1.54, 1.807) is 0 Å². The Morgan fingerprint density at radius 2 is 2.00 bits per heavy atom. The Morgan fingerprint density at radius 3 is 2.84 bits per heavy atom. The van der Waals surface area contributed by atoms with E-state index in [0.717, 1.165) is 74.5 Å². The minimum absolute atomic E-state index is 0. The second-order valence-electron chi connectivity index (χ2n) is 8.17. The lowest BCUT2D eigenvalue weighted by Crippen LogP contribution is -2.38. The number of nitrogens with zero attached hydrogens (tertiary/aromatic N) is 5. The molecular weight excluding hydrogens is 519 g/mol. The topological polar surface area (TPSA) is 76.8 Å². The van der Waals surface area contributed by atoms with E-state index in [0.29, 0.717) is 13.2 Å². The van der Waals surface area contributed by atoms with Crippen molar-refractivity contribution in [2.75, 3.05) is 33.4 Å². The molecule has 0 saturated heterocycles. The first kappa shape index (κ1) is 24.6. The molecule has 2 aliphatic heterocycles. The maximum atomic E-state index is 5.71. The fourth-order valence-electron chi connectivity index (χ4n) is 4.16. The summed E-state index contributed by atoms with van der Waals surface area (Å²) in [6.45, 7) is 6.71. The highest BCUT2D eigenvalue weighted by Crippen LogP contribution is 2.31. The number of halogens is 1. The van der Waals surface area contributed by atoms with Gasteiger partial charge in [0.15, 0.2) is 17.5 Å². The molecule has 2 aromatic rings. The molecule has 0 fully saturated rings. The molecule has 2 aliphatic rings. The second-order valence-corrected chi connectivity index (χ2v) is 8.17. The molecule has 1 N–H and O–H groups in total. The van der Waals surface area contributed by atoms with Gasteiger partial charge in [-0.25, -0.2) is 0 Å². The molecule has 1 aromatic heterocycles. The molecule has 0 saturated carbocycles. The molecule has 3 heterocycles. The van der Waals surface area contributed by atoms with Crippen LogP contribution in [0.5, 0.6) is 11.5 Å². The van der Waals surface area contributed by atoms with Crippen LogP contribution in [0.4, 0.5) is 0 Å². The van der Waals surface area contributed by atoms with Crippen molar-refractivity contribution in [3.05, 3.63) is 35.4 Å². The normalized spacial score (nSPS) is 15.4. The van der Waals surface area contributed by atoms with Gasteiger partial charge in [0.05, 0.1) is 0 Å². The van der Waals surface area contributed by atoms with Crippen molar-refractivity contribution >= 4 is 29.9 Å². The number of aryl methyl sites for hydroxylation is 2. The minimum atomic E-state index is 0. The van der Waals surface area contributed by atoms with Crippen LogP contribution in [0.1, 0.15) is 49.8 Å². The predicted molar refractivity (Wildman–Crippen MR) is 136 cm³/mol. The van der Waals surface area contributed by atoms with Gasteiger partial charge < -0.3 is 24.3 Å². The van der Waals surface area contributed by atoms with Crippen LogP contribution in [0.15, 0.2) is 23.2 Å². The molecule has 0 aliphatic carbocycles. The molecule has 32 heavy (non-hydrogen) atoms. The third kappa shape index (κ3) is 6.26. The molecule has 0 spiro atoms. The lowest BCUT2D eigenvalue weighted by atomic mass is 10.2. The highest BCUT2D eigenvalue weighted by molar-refractivity contribution is 14.0. The first-order chi connectivity index (χ1) is 15.2. The third-order valence-corrected chi connectivity index (χ3v) is 5.73. The number of ether oxygens (including phenoxy) is 2. The van der Waals surface area contributed by atoms with Gasteiger partial charge in [-0.05, 0) is 43.9 Å². The fraction of sp³-hybridized carbons (Fsp3) is 0.609. The first-order valence-electron chi connectivity index (χ1n) is 11.5. The number of aliphatic imine (C=N–C) groups is 1. The number of rotatable bonds is 7. The average molecular weight is 554 g/mol. The molecule has 8 nitrogen and oxygen atoms in total. The van der Waals surface area contributed by atoms with Crippen molar-refractivity contribution in [2.45, 2.75) is 58.5 Å². The smallest absolute Gasteiger partial charge is 0.193 e. The minimum Gasteiger partial charge on any atom is -0.486 e. The van der Waals surface area contributed by atoms with Crippen LogP contribution < -0.4 is 14.8 Å². The van der Waals surface area contributed by atoms with Gasteiger partial charge in [-0.15, -0.1) is 34.2 Å². The van der Waals surface area contributed by atoms with Gasteiger partial charge in [-0.1, -0.05) is 12.5 Å². The highest BCUT2D eigenvalue weighted by atomic mass is 127. The molecule has 0 amide bonds. The third-order valence-electron chi connectivity index (χ3n) is 5.73. The van der Waals surface area contributed by atoms with Crippen molar-refractivity contribution in [3.63, 3.8) is 0 Å². The molecule has 176 valence electrons. The van der Waals surface area contributed by atoms with Crippen LogP contribution in [0.3, 0.4) is 0 Å². The van der Waals surface area contributed by atoms with Crippen LogP contribution in [-0.4, -0.2) is 59.0 Å². The van der Waals surface area contributed by atoms with Crippen molar-refractivity contribution in [3.8, 4) is 11.5 Å². The summed E-state index contributed by atoms with van der Waals surface area (Å²) in [7, 11) is 2.07. The van der Waals surface area contributed by atoms with Gasteiger partial charge in [-0.2, -0.15) is 0 Å². The molecule has 0 unspecified atom stereocenters. The van der Waals surface area contributed by atoms with E-state index in [-0.39, 0.29) is 24.0 Å². The second kappa shape index (κ2) is 12.3. The fourth-order valence-corrected chi connectivity index (χ4v) is 4.16. The molecule has 9 heteroatoms. The van der Waals surface area contributed by atoms with Gasteiger partial charge in [0.2, 0.25) is 0 Å². The summed E-state index contributed by atoms with van der Waals surface area (Å²) in [4.78, 5) is 7.00. The summed E-state index contributed by atoms with van der Waals surface area (Å²) in [5.41, 5.74) is 1.17.